The van der Waals surface area contributed by atoms with Crippen LogP contribution in [-0.4, -0.2) is 41.1 Å². The van der Waals surface area contributed by atoms with Crippen LogP contribution in [0, 0.1) is 19.8 Å². The molecule has 1 unspecified atom stereocenters. The highest BCUT2D eigenvalue weighted by Crippen LogP contribution is 2.42. The van der Waals surface area contributed by atoms with Gasteiger partial charge in [-0.2, -0.15) is 5.10 Å². The minimum absolute atomic E-state index is 0.0427. The van der Waals surface area contributed by atoms with Gasteiger partial charge < -0.3 is 5.11 Å². The van der Waals surface area contributed by atoms with Gasteiger partial charge in [0.15, 0.2) is 5.82 Å². The second-order valence-electron chi connectivity index (χ2n) is 5.62. The molecule has 0 bridgehead atoms. The van der Waals surface area contributed by atoms with Crippen LogP contribution in [0.5, 0.6) is 0 Å². The molecule has 3 rings (SSSR count). The van der Waals surface area contributed by atoms with Crippen molar-refractivity contribution < 1.29 is 9.90 Å². The molecule has 0 aromatic carbocycles. The van der Waals surface area contributed by atoms with E-state index in [-0.39, 0.29) is 12.5 Å². The summed E-state index contributed by atoms with van der Waals surface area (Å²) in [5.41, 5.74) is 2.70. The topological polar surface area (TPSA) is 98.7 Å². The van der Waals surface area contributed by atoms with Gasteiger partial charge in [-0.1, -0.05) is 0 Å². The van der Waals surface area contributed by atoms with Gasteiger partial charge in [0.05, 0.1) is 23.7 Å². The lowest BCUT2D eigenvalue weighted by atomic mass is 10.1. The largest absolute Gasteiger partial charge is 0.481 e. The summed E-state index contributed by atoms with van der Waals surface area (Å²) in [5, 5.41) is 25.4. The van der Waals surface area contributed by atoms with Crippen LogP contribution < -0.4 is 0 Å². The van der Waals surface area contributed by atoms with E-state index in [0.29, 0.717) is 11.7 Å². The fraction of sp³-hybridized carbons (Fsp3) is 0.615. The average molecular weight is 290 g/mol. The first-order chi connectivity index (χ1) is 9.99. The molecule has 1 aliphatic carbocycles. The lowest BCUT2D eigenvalue weighted by Crippen LogP contribution is -2.18. The Balaban J connectivity index is 2.05. The van der Waals surface area contributed by atoms with Gasteiger partial charge in [0.25, 0.3) is 0 Å². The van der Waals surface area contributed by atoms with E-state index in [4.69, 9.17) is 5.11 Å². The van der Waals surface area contributed by atoms with Gasteiger partial charge in [-0.15, -0.1) is 5.10 Å². The molecule has 0 aliphatic heterocycles. The zero-order chi connectivity index (χ0) is 15.1. The number of carbonyl (C=O) groups is 1. The third-order valence-electron chi connectivity index (χ3n) is 4.09. The molecule has 0 radical (unpaired) electrons. The number of hydrogen-bond acceptors (Lipinski definition) is 5. The molecule has 2 heterocycles. The Morgan fingerprint density at radius 3 is 2.67 bits per heavy atom. The van der Waals surface area contributed by atoms with Crippen LogP contribution in [-0.2, 0) is 11.8 Å². The Morgan fingerprint density at radius 1 is 1.43 bits per heavy atom. The normalized spacial score (nSPS) is 16.1. The molecule has 0 saturated heterocycles. The molecule has 8 heteroatoms. The molecule has 1 N–H and O–H groups in total. The lowest BCUT2D eigenvalue weighted by molar-refractivity contribution is -0.138. The minimum Gasteiger partial charge on any atom is -0.481 e. The lowest BCUT2D eigenvalue weighted by Gasteiger charge is -2.15. The summed E-state index contributed by atoms with van der Waals surface area (Å²) < 4.78 is 3.45. The van der Waals surface area contributed by atoms with Crippen molar-refractivity contribution in [2.75, 3.05) is 0 Å². The quantitative estimate of drug-likeness (QED) is 0.885. The molecule has 1 fully saturated rings. The zero-order valence-corrected chi connectivity index (χ0v) is 12.3. The van der Waals surface area contributed by atoms with Gasteiger partial charge in [-0.25, -0.2) is 4.68 Å². The van der Waals surface area contributed by atoms with E-state index in [9.17, 15) is 4.79 Å². The molecule has 112 valence electrons. The molecular weight excluding hydrogens is 272 g/mol. The van der Waals surface area contributed by atoms with E-state index in [2.05, 4.69) is 20.6 Å². The standard InChI is InChI=1S/C13H18N6O2/c1-7-12(8(2)18(3)15-7)13-14-16-17-19(13)10(6-11(20)21)9-4-5-9/h9-10H,4-6H2,1-3H3,(H,20,21). The van der Waals surface area contributed by atoms with E-state index in [0.717, 1.165) is 29.8 Å². The predicted molar refractivity (Wildman–Crippen MR) is 73.5 cm³/mol. The summed E-state index contributed by atoms with van der Waals surface area (Å²) in [6.07, 6.45) is 2.10. The van der Waals surface area contributed by atoms with Crippen LogP contribution >= 0.6 is 0 Å². The van der Waals surface area contributed by atoms with Crippen LogP contribution in [0.15, 0.2) is 0 Å². The maximum atomic E-state index is 11.1. The summed E-state index contributed by atoms with van der Waals surface area (Å²) in [6.45, 7) is 3.86. The van der Waals surface area contributed by atoms with Gasteiger partial charge in [-0.05, 0) is 43.0 Å². The summed E-state index contributed by atoms with van der Waals surface area (Å²) in [6, 6.07) is -0.188. The molecular formula is C13H18N6O2. The Morgan fingerprint density at radius 2 is 2.14 bits per heavy atom. The number of carboxylic acid groups (broad SMARTS) is 1. The maximum absolute atomic E-state index is 11.1. The smallest absolute Gasteiger partial charge is 0.305 e. The molecule has 0 spiro atoms. The van der Waals surface area contributed by atoms with Crippen LogP contribution in [0.4, 0.5) is 0 Å². The van der Waals surface area contributed by atoms with E-state index in [1.807, 2.05) is 20.9 Å². The van der Waals surface area contributed by atoms with Gasteiger partial charge in [-0.3, -0.25) is 9.48 Å². The fourth-order valence-corrected chi connectivity index (χ4v) is 2.79. The van der Waals surface area contributed by atoms with E-state index in [1.54, 1.807) is 9.36 Å². The number of nitrogens with zero attached hydrogens (tertiary/aromatic N) is 6. The van der Waals surface area contributed by atoms with Gasteiger partial charge in [0.2, 0.25) is 0 Å². The van der Waals surface area contributed by atoms with Crippen molar-refractivity contribution in [2.24, 2.45) is 13.0 Å². The molecule has 21 heavy (non-hydrogen) atoms. The Bertz CT molecular complexity index is 685. The Labute approximate surface area is 121 Å². The number of aliphatic carboxylic acids is 1. The maximum Gasteiger partial charge on any atom is 0.305 e. The van der Waals surface area contributed by atoms with Crippen molar-refractivity contribution >= 4 is 5.97 Å². The van der Waals surface area contributed by atoms with E-state index < -0.39 is 5.97 Å². The van der Waals surface area contributed by atoms with Crippen molar-refractivity contribution in [3.63, 3.8) is 0 Å². The first-order valence-electron chi connectivity index (χ1n) is 6.99. The number of hydrogen-bond donors (Lipinski definition) is 1. The van der Waals surface area contributed by atoms with Crippen molar-refractivity contribution in [2.45, 2.75) is 39.2 Å². The molecule has 1 atom stereocenters. The van der Waals surface area contributed by atoms with Gasteiger partial charge >= 0.3 is 5.97 Å². The van der Waals surface area contributed by atoms with Crippen LogP contribution in [0.3, 0.4) is 0 Å². The fourth-order valence-electron chi connectivity index (χ4n) is 2.79. The molecule has 1 saturated carbocycles. The minimum atomic E-state index is -0.826. The SMILES string of the molecule is Cc1nn(C)c(C)c1-c1nnnn1C(CC(=O)O)C1CC1. The van der Waals surface area contributed by atoms with Crippen LogP contribution in [0.1, 0.15) is 36.7 Å². The molecule has 2 aromatic heterocycles. The monoisotopic (exact) mass is 290 g/mol. The second-order valence-corrected chi connectivity index (χ2v) is 5.62. The summed E-state index contributed by atoms with van der Waals surface area (Å²) in [7, 11) is 1.87. The van der Waals surface area contributed by atoms with Crippen molar-refractivity contribution in [1.82, 2.24) is 30.0 Å². The number of carboxylic acids is 1. The van der Waals surface area contributed by atoms with Crippen LogP contribution in [0.2, 0.25) is 0 Å². The summed E-state index contributed by atoms with van der Waals surface area (Å²) in [4.78, 5) is 11.1. The average Bonchev–Trinajstić information content (AvgIpc) is 3.09. The summed E-state index contributed by atoms with van der Waals surface area (Å²) in [5.74, 6) is 0.130. The van der Waals surface area contributed by atoms with Gasteiger partial charge in [0.1, 0.15) is 0 Å². The third kappa shape index (κ3) is 2.41. The zero-order valence-electron chi connectivity index (χ0n) is 12.3. The second kappa shape index (κ2) is 4.94. The highest BCUT2D eigenvalue weighted by atomic mass is 16.4. The highest BCUT2D eigenvalue weighted by Gasteiger charge is 2.37. The molecule has 1 aliphatic rings. The van der Waals surface area contributed by atoms with E-state index >= 15 is 0 Å². The molecule has 2 aromatic rings. The number of aryl methyl sites for hydroxylation is 2. The predicted octanol–water partition coefficient (Wildman–Crippen LogP) is 1.12. The highest BCUT2D eigenvalue weighted by molar-refractivity contribution is 5.68. The Hall–Kier alpha value is -2.25. The van der Waals surface area contributed by atoms with Crippen molar-refractivity contribution in [1.29, 1.82) is 0 Å². The Kier molecular flexibility index (Phi) is 3.23. The number of tetrazole rings is 1. The van der Waals surface area contributed by atoms with Crippen LogP contribution in [0.25, 0.3) is 11.4 Å². The van der Waals surface area contributed by atoms with Crippen molar-refractivity contribution in [3.05, 3.63) is 11.4 Å². The molecule has 8 nitrogen and oxygen atoms in total. The number of aromatic nitrogens is 6. The van der Waals surface area contributed by atoms with E-state index in [1.165, 1.54) is 0 Å². The van der Waals surface area contributed by atoms with Gasteiger partial charge in [0, 0.05) is 12.7 Å². The number of rotatable bonds is 5. The first kappa shape index (κ1) is 13.7. The first-order valence-corrected chi connectivity index (χ1v) is 6.99. The summed E-state index contributed by atoms with van der Waals surface area (Å²) >= 11 is 0. The third-order valence-corrected chi connectivity index (χ3v) is 4.09. The van der Waals surface area contributed by atoms with Crippen molar-refractivity contribution in [3.8, 4) is 11.4 Å². The molecule has 0 amide bonds.